The van der Waals surface area contributed by atoms with Crippen LogP contribution in [0.3, 0.4) is 0 Å². The lowest BCUT2D eigenvalue weighted by Gasteiger charge is -2.14. The lowest BCUT2D eigenvalue weighted by Crippen LogP contribution is -2.34. The Kier molecular flexibility index (Phi) is 4.86. The minimum atomic E-state index is -1.24. The molecule has 2 aliphatic heterocycles. The van der Waals surface area contributed by atoms with Crippen molar-refractivity contribution in [2.75, 3.05) is 18.0 Å². The third-order valence-electron chi connectivity index (χ3n) is 3.64. The molecule has 2 amide bonds. The second kappa shape index (κ2) is 6.82. The minimum Gasteiger partial charge on any atom is -0.480 e. The van der Waals surface area contributed by atoms with E-state index in [1.165, 1.54) is 0 Å². The van der Waals surface area contributed by atoms with E-state index in [2.05, 4.69) is 15.9 Å². The summed E-state index contributed by atoms with van der Waals surface area (Å²) in [5.41, 5.74) is 0.772. The number of anilines is 1. The number of thioether (sulfide) groups is 1. The van der Waals surface area contributed by atoms with Crippen LogP contribution < -0.4 is 4.90 Å². The maximum atomic E-state index is 12.8. The fourth-order valence-corrected chi connectivity index (χ4v) is 4.32. The predicted octanol–water partition coefficient (Wildman–Crippen LogP) is 1.54. The number of rotatable bonds is 4. The average Bonchev–Trinajstić information content (AvgIpc) is 2.95. The van der Waals surface area contributed by atoms with Gasteiger partial charge in [0.05, 0.1) is 16.2 Å². The SMILES string of the molecule is O=C(O)CN1C(=O)/C(=C2\C(=O)N(CC(=O)O)c3ccc(Br)cc32)SC1=S. The number of benzene rings is 1. The van der Waals surface area contributed by atoms with E-state index in [0.717, 1.165) is 21.6 Å². The van der Waals surface area contributed by atoms with Crippen LogP contribution in [0, 0.1) is 0 Å². The summed E-state index contributed by atoms with van der Waals surface area (Å²) < 4.78 is 0.667. The first kappa shape index (κ1) is 18.5. The topological polar surface area (TPSA) is 115 Å². The maximum absolute atomic E-state index is 12.8. The van der Waals surface area contributed by atoms with Gasteiger partial charge in [-0.2, -0.15) is 0 Å². The van der Waals surface area contributed by atoms with Crippen LogP contribution in [0.15, 0.2) is 27.6 Å². The molecule has 2 N–H and O–H groups in total. The van der Waals surface area contributed by atoms with Gasteiger partial charge < -0.3 is 10.2 Å². The number of carboxylic acids is 2. The molecule has 11 heteroatoms. The molecule has 2 heterocycles. The monoisotopic (exact) mass is 456 g/mol. The van der Waals surface area contributed by atoms with Crippen LogP contribution in [-0.2, 0) is 19.2 Å². The van der Waals surface area contributed by atoms with Crippen molar-refractivity contribution in [2.24, 2.45) is 0 Å². The second-order valence-corrected chi connectivity index (χ2v) is 7.86. The van der Waals surface area contributed by atoms with E-state index in [4.69, 9.17) is 22.4 Å². The highest BCUT2D eigenvalue weighted by Gasteiger charge is 2.43. The molecule has 134 valence electrons. The number of amides is 2. The summed E-state index contributed by atoms with van der Waals surface area (Å²) in [4.78, 5) is 49.4. The minimum absolute atomic E-state index is 0.00603. The second-order valence-electron chi connectivity index (χ2n) is 5.30. The van der Waals surface area contributed by atoms with Crippen molar-refractivity contribution in [3.63, 3.8) is 0 Å². The summed E-state index contributed by atoms with van der Waals surface area (Å²) in [5.74, 6) is -3.77. The summed E-state index contributed by atoms with van der Waals surface area (Å²) in [5, 5.41) is 18.0. The predicted molar refractivity (Wildman–Crippen MR) is 101 cm³/mol. The van der Waals surface area contributed by atoms with Gasteiger partial charge in [0.2, 0.25) is 0 Å². The van der Waals surface area contributed by atoms with E-state index >= 15 is 0 Å². The van der Waals surface area contributed by atoms with Crippen LogP contribution >= 0.6 is 39.9 Å². The summed E-state index contributed by atoms with van der Waals surface area (Å²) in [6.07, 6.45) is 0. The van der Waals surface area contributed by atoms with Gasteiger partial charge in [-0.25, -0.2) is 0 Å². The van der Waals surface area contributed by atoms with Crippen molar-refractivity contribution in [1.82, 2.24) is 4.90 Å². The van der Waals surface area contributed by atoms with Crippen molar-refractivity contribution in [3.05, 3.63) is 33.1 Å². The van der Waals surface area contributed by atoms with Crippen molar-refractivity contribution < 1.29 is 29.4 Å². The zero-order valence-electron chi connectivity index (χ0n) is 12.8. The smallest absolute Gasteiger partial charge is 0.323 e. The molecule has 0 spiro atoms. The number of thiocarbonyl (C=S) groups is 1. The van der Waals surface area contributed by atoms with Gasteiger partial charge in [0, 0.05) is 10.0 Å². The van der Waals surface area contributed by atoms with Crippen LogP contribution in [0.4, 0.5) is 5.69 Å². The first-order chi connectivity index (χ1) is 12.2. The lowest BCUT2D eigenvalue weighted by atomic mass is 10.1. The number of hydrogen-bond acceptors (Lipinski definition) is 6. The van der Waals surface area contributed by atoms with Crippen LogP contribution in [0.5, 0.6) is 0 Å². The molecule has 3 rings (SSSR count). The number of carbonyl (C=O) groups excluding carboxylic acids is 2. The van der Waals surface area contributed by atoms with Gasteiger partial charge in [-0.3, -0.25) is 29.0 Å². The number of aliphatic carboxylic acids is 2. The van der Waals surface area contributed by atoms with Crippen molar-refractivity contribution in [3.8, 4) is 0 Å². The Balaban J connectivity index is 2.14. The van der Waals surface area contributed by atoms with Gasteiger partial charge >= 0.3 is 11.9 Å². The Hall–Kier alpha value is -2.24. The molecule has 0 aliphatic carbocycles. The van der Waals surface area contributed by atoms with Crippen LogP contribution in [0.1, 0.15) is 5.56 Å². The third-order valence-corrected chi connectivity index (χ3v) is 5.58. The molecule has 0 radical (unpaired) electrons. The Labute approximate surface area is 164 Å². The number of carboxylic acid groups (broad SMARTS) is 2. The summed E-state index contributed by atoms with van der Waals surface area (Å²) in [6.45, 7) is -1.17. The van der Waals surface area contributed by atoms with Gasteiger partial charge in [0.1, 0.15) is 17.4 Å². The third kappa shape index (κ3) is 3.13. The quantitative estimate of drug-likeness (QED) is 0.517. The van der Waals surface area contributed by atoms with Crippen LogP contribution in [0.25, 0.3) is 5.57 Å². The van der Waals surface area contributed by atoms with E-state index in [1.807, 2.05) is 0 Å². The summed E-state index contributed by atoms with van der Waals surface area (Å²) >= 11 is 9.17. The highest BCUT2D eigenvalue weighted by molar-refractivity contribution is 9.10. The molecule has 8 nitrogen and oxygen atoms in total. The fraction of sp³-hybridized carbons (Fsp3) is 0.133. The normalized spacial score (nSPS) is 19.3. The Bertz CT molecular complexity index is 929. The van der Waals surface area contributed by atoms with Crippen LogP contribution in [0.2, 0.25) is 0 Å². The van der Waals surface area contributed by atoms with Gasteiger partial charge in [-0.15, -0.1) is 0 Å². The highest BCUT2D eigenvalue weighted by Crippen LogP contribution is 2.45. The Morgan fingerprint density at radius 3 is 2.31 bits per heavy atom. The average molecular weight is 457 g/mol. The molecule has 0 saturated carbocycles. The van der Waals surface area contributed by atoms with E-state index in [9.17, 15) is 19.2 Å². The van der Waals surface area contributed by atoms with Gasteiger partial charge in [-0.1, -0.05) is 39.9 Å². The van der Waals surface area contributed by atoms with Gasteiger partial charge in [-0.05, 0) is 18.2 Å². The molecule has 1 saturated heterocycles. The van der Waals surface area contributed by atoms with Crippen LogP contribution in [-0.4, -0.2) is 56.3 Å². The fourth-order valence-electron chi connectivity index (χ4n) is 2.64. The summed E-state index contributed by atoms with van der Waals surface area (Å²) in [6, 6.07) is 4.83. The zero-order valence-corrected chi connectivity index (χ0v) is 16.0. The standard InChI is InChI=1S/C15H9BrN2O6S2/c16-6-1-2-8-7(3-6)11(13(23)17(8)4-9(19)20)12-14(24)18(5-10(21)22)15(25)26-12/h1-3H,4-5H2,(H,19,20)(H,21,22)/b12-11+. The Morgan fingerprint density at radius 2 is 1.69 bits per heavy atom. The summed E-state index contributed by atoms with van der Waals surface area (Å²) in [7, 11) is 0. The lowest BCUT2D eigenvalue weighted by molar-refractivity contribution is -0.140. The number of fused-ring (bicyclic) bond motifs is 1. The maximum Gasteiger partial charge on any atom is 0.323 e. The Morgan fingerprint density at radius 1 is 1.08 bits per heavy atom. The highest BCUT2D eigenvalue weighted by atomic mass is 79.9. The largest absolute Gasteiger partial charge is 0.480 e. The molecule has 1 aromatic carbocycles. The molecule has 0 atom stereocenters. The molecule has 26 heavy (non-hydrogen) atoms. The van der Waals surface area contributed by atoms with E-state index < -0.39 is 36.8 Å². The first-order valence-electron chi connectivity index (χ1n) is 7.04. The number of nitrogens with zero attached hydrogens (tertiary/aromatic N) is 2. The molecule has 0 bridgehead atoms. The first-order valence-corrected chi connectivity index (χ1v) is 9.05. The zero-order chi connectivity index (χ0) is 19.2. The van der Waals surface area contributed by atoms with Crippen molar-refractivity contribution in [2.45, 2.75) is 0 Å². The van der Waals surface area contributed by atoms with Crippen molar-refractivity contribution >= 4 is 79.2 Å². The van der Waals surface area contributed by atoms with E-state index in [1.54, 1.807) is 18.2 Å². The number of carbonyl (C=O) groups is 4. The molecule has 2 aliphatic rings. The molecule has 0 aromatic heterocycles. The van der Waals surface area contributed by atoms with E-state index in [-0.39, 0.29) is 14.8 Å². The number of halogens is 1. The number of hydrogen-bond donors (Lipinski definition) is 2. The molecule has 0 unspecified atom stereocenters. The molecule has 1 fully saturated rings. The van der Waals surface area contributed by atoms with Gasteiger partial charge in [0.15, 0.2) is 0 Å². The molecular weight excluding hydrogens is 448 g/mol. The van der Waals surface area contributed by atoms with Crippen molar-refractivity contribution in [1.29, 1.82) is 0 Å². The molecular formula is C15H9BrN2O6S2. The van der Waals surface area contributed by atoms with Gasteiger partial charge in [0.25, 0.3) is 11.8 Å². The van der Waals surface area contributed by atoms with E-state index in [0.29, 0.717) is 15.7 Å². The molecule has 1 aromatic rings.